The Morgan fingerprint density at radius 3 is 1.33 bits per heavy atom. The van der Waals surface area contributed by atoms with Crippen LogP contribution in [0.15, 0.2) is 0 Å². The molecule has 5 heteroatoms. The van der Waals surface area contributed by atoms with Crippen molar-refractivity contribution in [2.75, 3.05) is 0 Å². The zero-order valence-electron chi connectivity index (χ0n) is 7.42. The van der Waals surface area contributed by atoms with Crippen molar-refractivity contribution in [3.05, 3.63) is 0 Å². The van der Waals surface area contributed by atoms with Gasteiger partial charge in [0, 0.05) is 5.92 Å². The molecule has 4 nitrogen and oxygen atoms in total. The van der Waals surface area contributed by atoms with Gasteiger partial charge in [0.2, 0.25) is 0 Å². The fourth-order valence-corrected chi connectivity index (χ4v) is 0.803. The second-order valence-corrected chi connectivity index (χ2v) is 3.44. The maximum absolute atomic E-state index is 10.3. The minimum absolute atomic E-state index is 0. The Balaban J connectivity index is 0. The average molecular weight is 295 g/mol. The minimum Gasteiger partial charge on any atom is -0.549 e. The van der Waals surface area contributed by atoms with Crippen molar-refractivity contribution < 1.29 is 19.8 Å². The van der Waals surface area contributed by atoms with E-state index in [4.69, 9.17) is 0 Å². The summed E-state index contributed by atoms with van der Waals surface area (Å²) in [6.45, 7) is 4.51. The first-order chi connectivity index (χ1) is 4.76. The number of carboxylic acid groups (broad SMARTS) is 2. The molecule has 0 aliphatic heterocycles. The van der Waals surface area contributed by atoms with Gasteiger partial charge in [0.1, 0.15) is 0 Å². The molecule has 0 amide bonds. The summed E-state index contributed by atoms with van der Waals surface area (Å²) in [5.41, 5.74) is -0.863. The monoisotopic (exact) mass is 296 g/mol. The second kappa shape index (κ2) is 5.29. The van der Waals surface area contributed by atoms with Gasteiger partial charge in [0.15, 0.2) is 0 Å². The van der Waals surface area contributed by atoms with Crippen molar-refractivity contribution in [2.45, 2.75) is 20.8 Å². The Hall–Kier alpha value is 0.511. The third-order valence-corrected chi connectivity index (χ3v) is 1.34. The molecule has 0 radical (unpaired) electrons. The van der Waals surface area contributed by atoms with Gasteiger partial charge < -0.3 is 19.8 Å². The van der Waals surface area contributed by atoms with E-state index in [0.29, 0.717) is 0 Å². The van der Waals surface area contributed by atoms with Crippen molar-refractivity contribution in [1.29, 1.82) is 0 Å². The van der Waals surface area contributed by atoms with Crippen LogP contribution in [0.3, 0.4) is 0 Å². The molecule has 0 aliphatic rings. The molecule has 0 aromatic heterocycles. The van der Waals surface area contributed by atoms with Gasteiger partial charge >= 0.3 is 48.9 Å². The Morgan fingerprint density at radius 2 is 1.33 bits per heavy atom. The minimum atomic E-state index is -1.60. The Kier molecular flexibility index (Phi) is 6.61. The van der Waals surface area contributed by atoms with Crippen LogP contribution in [0.4, 0.5) is 0 Å². The van der Waals surface area contributed by atoms with Crippen molar-refractivity contribution in [3.63, 3.8) is 0 Å². The molecular weight excluding hydrogens is 285 g/mol. The first-order valence-corrected chi connectivity index (χ1v) is 3.18. The molecule has 0 saturated carbocycles. The van der Waals surface area contributed by atoms with Crippen LogP contribution in [0.25, 0.3) is 0 Å². The molecule has 0 bridgehead atoms. The first kappa shape index (κ1) is 15.0. The van der Waals surface area contributed by atoms with E-state index in [-0.39, 0.29) is 48.9 Å². The summed E-state index contributed by atoms with van der Waals surface area (Å²) in [6, 6.07) is 0. The van der Waals surface area contributed by atoms with Crippen LogP contribution < -0.4 is 10.2 Å². The predicted octanol–water partition coefficient (Wildman–Crippen LogP) is -2.23. The van der Waals surface area contributed by atoms with E-state index in [0.717, 1.165) is 0 Å². The van der Waals surface area contributed by atoms with E-state index < -0.39 is 23.3 Å². The van der Waals surface area contributed by atoms with Gasteiger partial charge in [0.05, 0.1) is 11.9 Å². The van der Waals surface area contributed by atoms with E-state index in [1.807, 2.05) is 0 Å². The number of carboxylic acids is 2. The summed E-state index contributed by atoms with van der Waals surface area (Å²) >= 11 is 0. The molecule has 0 spiro atoms. The van der Waals surface area contributed by atoms with Crippen LogP contribution in [0.1, 0.15) is 20.8 Å². The fraction of sp³-hybridized carbons (Fsp3) is 0.714. The number of aliphatic carboxylic acids is 2. The Labute approximate surface area is 111 Å². The van der Waals surface area contributed by atoms with Gasteiger partial charge in [-0.05, 0) is 5.41 Å². The third-order valence-electron chi connectivity index (χ3n) is 1.34. The molecule has 0 saturated heterocycles. The van der Waals surface area contributed by atoms with Crippen LogP contribution in [0, 0.1) is 11.3 Å². The van der Waals surface area contributed by atoms with Gasteiger partial charge in [-0.1, -0.05) is 20.8 Å². The van der Waals surface area contributed by atoms with E-state index in [9.17, 15) is 19.8 Å². The SMILES string of the molecule is CC(C)(C)C(C(=O)[O-])C(=O)[O-].[Ba+2]. The molecule has 12 heavy (non-hydrogen) atoms. The maximum atomic E-state index is 10.3. The third kappa shape index (κ3) is 4.52. The van der Waals surface area contributed by atoms with Gasteiger partial charge in [-0.25, -0.2) is 0 Å². The van der Waals surface area contributed by atoms with Crippen LogP contribution in [0.2, 0.25) is 0 Å². The van der Waals surface area contributed by atoms with Crippen LogP contribution in [0.5, 0.6) is 0 Å². The summed E-state index contributed by atoms with van der Waals surface area (Å²) in [5.74, 6) is -4.75. The molecule has 0 N–H and O–H groups in total. The molecule has 0 aliphatic carbocycles. The summed E-state index contributed by atoms with van der Waals surface area (Å²) in [7, 11) is 0. The molecular formula is C7H10BaO4. The van der Waals surface area contributed by atoms with Crippen molar-refractivity contribution in [2.24, 2.45) is 11.3 Å². The van der Waals surface area contributed by atoms with Gasteiger partial charge in [0.25, 0.3) is 0 Å². The second-order valence-electron chi connectivity index (χ2n) is 3.44. The number of hydrogen-bond acceptors (Lipinski definition) is 4. The number of carbonyl (C=O) groups is 2. The largest absolute Gasteiger partial charge is 2.00 e. The zero-order valence-corrected chi connectivity index (χ0v) is 11.9. The molecule has 64 valence electrons. The van der Waals surface area contributed by atoms with E-state index >= 15 is 0 Å². The molecule has 0 fully saturated rings. The number of carbonyl (C=O) groups excluding carboxylic acids is 2. The molecule has 0 unspecified atom stereocenters. The molecule has 0 rings (SSSR count). The first-order valence-electron chi connectivity index (χ1n) is 3.18. The quantitative estimate of drug-likeness (QED) is 0.426. The van der Waals surface area contributed by atoms with Gasteiger partial charge in [-0.3, -0.25) is 0 Å². The van der Waals surface area contributed by atoms with Gasteiger partial charge in [-0.15, -0.1) is 0 Å². The van der Waals surface area contributed by atoms with Crippen LogP contribution in [-0.2, 0) is 9.59 Å². The average Bonchev–Trinajstić information content (AvgIpc) is 1.54. The van der Waals surface area contributed by atoms with Crippen molar-refractivity contribution in [1.82, 2.24) is 0 Å². The molecule has 0 atom stereocenters. The van der Waals surface area contributed by atoms with E-state index in [1.54, 1.807) is 0 Å². The van der Waals surface area contributed by atoms with Crippen molar-refractivity contribution >= 4 is 60.8 Å². The maximum Gasteiger partial charge on any atom is 2.00 e. The van der Waals surface area contributed by atoms with Crippen LogP contribution >= 0.6 is 0 Å². The molecule has 0 heterocycles. The fourth-order valence-electron chi connectivity index (χ4n) is 0.803. The number of hydrogen-bond donors (Lipinski definition) is 0. The zero-order chi connectivity index (χ0) is 9.23. The van der Waals surface area contributed by atoms with E-state index in [1.165, 1.54) is 20.8 Å². The van der Waals surface area contributed by atoms with Crippen LogP contribution in [-0.4, -0.2) is 60.8 Å². The molecule has 0 aromatic carbocycles. The summed E-state index contributed by atoms with van der Waals surface area (Å²) < 4.78 is 0. The summed E-state index contributed by atoms with van der Waals surface area (Å²) in [6.07, 6.45) is 0. The molecule has 0 aromatic rings. The van der Waals surface area contributed by atoms with E-state index in [2.05, 4.69) is 0 Å². The summed E-state index contributed by atoms with van der Waals surface area (Å²) in [5, 5.41) is 20.5. The topological polar surface area (TPSA) is 80.3 Å². The smallest absolute Gasteiger partial charge is 0.549 e. The number of rotatable bonds is 2. The standard InChI is InChI=1S/C7H12O4.Ba/c1-7(2,3)4(5(8)9)6(10)11;/h4H,1-3H3,(H,8,9)(H,10,11);/q;+2/p-2. The normalized spacial score (nSPS) is 10.7. The summed E-state index contributed by atoms with van der Waals surface area (Å²) in [4.78, 5) is 20.5. The predicted molar refractivity (Wildman–Crippen MR) is 38.7 cm³/mol. The Bertz CT molecular complexity index is 168. The van der Waals surface area contributed by atoms with Gasteiger partial charge in [-0.2, -0.15) is 0 Å². The Morgan fingerprint density at radius 1 is 1.08 bits per heavy atom. The van der Waals surface area contributed by atoms with Crippen molar-refractivity contribution in [3.8, 4) is 0 Å².